The first-order chi connectivity index (χ1) is 16.8. The third kappa shape index (κ3) is 5.99. The molecule has 3 aromatic carbocycles. The number of halogens is 3. The van der Waals surface area contributed by atoms with Crippen LogP contribution in [0.15, 0.2) is 70.3 Å². The molecule has 0 fully saturated rings. The van der Waals surface area contributed by atoms with Gasteiger partial charge in [-0.1, -0.05) is 53.5 Å². The van der Waals surface area contributed by atoms with Crippen molar-refractivity contribution in [3.8, 4) is 0 Å². The predicted molar refractivity (Wildman–Crippen MR) is 136 cm³/mol. The van der Waals surface area contributed by atoms with Gasteiger partial charge in [0.2, 0.25) is 5.91 Å². The normalized spacial score (nSPS) is 11.1. The Morgan fingerprint density at radius 1 is 0.971 bits per heavy atom. The Morgan fingerprint density at radius 3 is 2.54 bits per heavy atom. The highest BCUT2D eigenvalue weighted by Gasteiger charge is 2.11. The number of amides is 1. The number of aromatic nitrogens is 2. The maximum Gasteiger partial charge on any atom is 0.328 e. The number of carbonyl (C=O) groups is 1. The highest BCUT2D eigenvalue weighted by atomic mass is 35.5. The van der Waals surface area contributed by atoms with Crippen LogP contribution in [0, 0.1) is 5.82 Å². The molecule has 0 saturated carbocycles. The summed E-state index contributed by atoms with van der Waals surface area (Å²) in [5.74, 6) is -0.612. The second-order valence-corrected chi connectivity index (χ2v) is 8.97. The fourth-order valence-corrected chi connectivity index (χ4v) is 4.26. The maximum absolute atomic E-state index is 13.3. The third-order valence-electron chi connectivity index (χ3n) is 5.68. The number of hydrogen-bond acceptors (Lipinski definition) is 3. The van der Waals surface area contributed by atoms with Gasteiger partial charge in [0.15, 0.2) is 0 Å². The molecule has 4 rings (SSSR count). The monoisotopic (exact) mass is 513 g/mol. The average Bonchev–Trinajstić information content (AvgIpc) is 2.82. The van der Waals surface area contributed by atoms with Crippen LogP contribution >= 0.6 is 23.2 Å². The van der Waals surface area contributed by atoms with Crippen LogP contribution in [0.1, 0.15) is 29.5 Å². The number of carbonyl (C=O) groups excluding carboxylic acids is 1. The highest BCUT2D eigenvalue weighted by molar-refractivity contribution is 6.31. The van der Waals surface area contributed by atoms with Crippen molar-refractivity contribution in [2.24, 2.45) is 0 Å². The zero-order chi connectivity index (χ0) is 24.9. The van der Waals surface area contributed by atoms with Crippen molar-refractivity contribution in [2.45, 2.75) is 32.4 Å². The molecule has 1 heterocycles. The molecule has 1 amide bonds. The molecule has 0 atom stereocenters. The minimum absolute atomic E-state index is 0.108. The fourth-order valence-electron chi connectivity index (χ4n) is 3.82. The molecule has 180 valence electrons. The van der Waals surface area contributed by atoms with Gasteiger partial charge >= 0.3 is 5.69 Å². The van der Waals surface area contributed by atoms with Crippen molar-refractivity contribution in [3.05, 3.63) is 114 Å². The summed E-state index contributed by atoms with van der Waals surface area (Å²) in [7, 11) is 0. The summed E-state index contributed by atoms with van der Waals surface area (Å²) in [6.45, 7) is 0.414. The van der Waals surface area contributed by atoms with Gasteiger partial charge in [0.1, 0.15) is 5.82 Å². The van der Waals surface area contributed by atoms with E-state index in [0.29, 0.717) is 40.3 Å². The Balaban J connectivity index is 1.42. The highest BCUT2D eigenvalue weighted by Crippen LogP contribution is 2.21. The summed E-state index contributed by atoms with van der Waals surface area (Å²) >= 11 is 12.2. The van der Waals surface area contributed by atoms with Crippen LogP contribution in [0.5, 0.6) is 0 Å². The van der Waals surface area contributed by atoms with E-state index >= 15 is 0 Å². The van der Waals surface area contributed by atoms with Crippen LogP contribution in [0.2, 0.25) is 10.0 Å². The lowest BCUT2D eigenvalue weighted by Crippen LogP contribution is -2.35. The van der Waals surface area contributed by atoms with Gasteiger partial charge in [0.25, 0.3) is 5.56 Å². The first-order valence-electron chi connectivity index (χ1n) is 11.0. The van der Waals surface area contributed by atoms with Crippen molar-refractivity contribution >= 4 is 40.0 Å². The summed E-state index contributed by atoms with van der Waals surface area (Å²) in [5.41, 5.74) is 1.79. The van der Waals surface area contributed by atoms with Crippen molar-refractivity contribution in [1.82, 2.24) is 14.9 Å². The molecule has 1 aromatic heterocycles. The average molecular weight is 514 g/mol. The van der Waals surface area contributed by atoms with E-state index in [4.69, 9.17) is 23.2 Å². The van der Waals surface area contributed by atoms with Crippen molar-refractivity contribution in [1.29, 1.82) is 0 Å². The standard InChI is InChI=1S/C26H22Cl2FN3O3/c27-21-5-2-1-4-18(21)15-30-24(33)6-3-11-32-25(34)20-10-7-16(13-23(20)31-26(32)35)12-17-8-9-19(29)14-22(17)28/h1-2,4-5,7-10,13-14H,3,6,11-12,15H2,(H,30,33)(H,31,35). The molecule has 9 heteroatoms. The molecule has 0 aliphatic heterocycles. The Labute approximate surface area is 210 Å². The summed E-state index contributed by atoms with van der Waals surface area (Å²) in [6, 6.07) is 16.5. The molecule has 35 heavy (non-hydrogen) atoms. The molecule has 0 aliphatic carbocycles. The van der Waals surface area contributed by atoms with Gasteiger partial charge in [0.05, 0.1) is 10.9 Å². The van der Waals surface area contributed by atoms with Gasteiger partial charge in [-0.3, -0.25) is 14.2 Å². The number of aromatic amines is 1. The van der Waals surface area contributed by atoms with E-state index < -0.39 is 17.1 Å². The van der Waals surface area contributed by atoms with E-state index in [9.17, 15) is 18.8 Å². The molecular formula is C26H22Cl2FN3O3. The van der Waals surface area contributed by atoms with Gasteiger partial charge in [-0.25, -0.2) is 9.18 Å². The summed E-state index contributed by atoms with van der Waals surface area (Å²) in [5, 5.41) is 4.04. The SMILES string of the molecule is O=C(CCCn1c(=O)[nH]c2cc(Cc3ccc(F)cc3Cl)ccc2c1=O)NCc1ccccc1Cl. The minimum atomic E-state index is -0.545. The number of fused-ring (bicyclic) bond motifs is 1. The van der Waals surface area contributed by atoms with E-state index in [1.807, 2.05) is 18.2 Å². The Bertz CT molecular complexity index is 1510. The minimum Gasteiger partial charge on any atom is -0.352 e. The van der Waals surface area contributed by atoms with Crippen LogP contribution in [0.25, 0.3) is 10.9 Å². The predicted octanol–water partition coefficient (Wildman–Crippen LogP) is 4.82. The molecule has 0 unspecified atom stereocenters. The van der Waals surface area contributed by atoms with E-state index in [1.165, 1.54) is 12.1 Å². The van der Waals surface area contributed by atoms with Gasteiger partial charge in [0, 0.05) is 29.6 Å². The van der Waals surface area contributed by atoms with E-state index in [0.717, 1.165) is 21.3 Å². The van der Waals surface area contributed by atoms with Crippen LogP contribution in [-0.2, 0) is 24.3 Å². The number of H-pyrrole nitrogens is 1. The lowest BCUT2D eigenvalue weighted by atomic mass is 10.0. The quantitative estimate of drug-likeness (QED) is 0.354. The second-order valence-electron chi connectivity index (χ2n) is 8.15. The molecule has 0 radical (unpaired) electrons. The van der Waals surface area contributed by atoms with Crippen molar-refractivity contribution in [2.75, 3.05) is 0 Å². The maximum atomic E-state index is 13.3. The Kier molecular flexibility index (Phi) is 7.68. The van der Waals surface area contributed by atoms with Crippen molar-refractivity contribution in [3.63, 3.8) is 0 Å². The van der Waals surface area contributed by atoms with Gasteiger partial charge < -0.3 is 10.3 Å². The fraction of sp³-hybridized carbons (Fsp3) is 0.192. The summed E-state index contributed by atoms with van der Waals surface area (Å²) < 4.78 is 14.4. The number of rotatable bonds is 8. The van der Waals surface area contributed by atoms with Gasteiger partial charge in [-0.2, -0.15) is 0 Å². The zero-order valence-corrected chi connectivity index (χ0v) is 20.1. The van der Waals surface area contributed by atoms with E-state index in [1.54, 1.807) is 30.3 Å². The Morgan fingerprint density at radius 2 is 1.77 bits per heavy atom. The van der Waals surface area contributed by atoms with E-state index in [-0.39, 0.29) is 18.9 Å². The lowest BCUT2D eigenvalue weighted by Gasteiger charge is -2.09. The number of hydrogen-bond donors (Lipinski definition) is 2. The molecule has 0 bridgehead atoms. The summed E-state index contributed by atoms with van der Waals surface area (Å²) in [4.78, 5) is 40.4. The molecule has 0 spiro atoms. The first kappa shape index (κ1) is 24.7. The van der Waals surface area contributed by atoms with Crippen LogP contribution < -0.4 is 16.6 Å². The zero-order valence-electron chi connectivity index (χ0n) is 18.6. The van der Waals surface area contributed by atoms with Gasteiger partial charge in [-0.15, -0.1) is 0 Å². The smallest absolute Gasteiger partial charge is 0.328 e. The molecule has 0 aliphatic rings. The molecule has 6 nitrogen and oxygen atoms in total. The van der Waals surface area contributed by atoms with Gasteiger partial charge in [-0.05, 0) is 59.9 Å². The van der Waals surface area contributed by atoms with Crippen LogP contribution in [-0.4, -0.2) is 15.5 Å². The topological polar surface area (TPSA) is 84.0 Å². The number of nitrogens with one attached hydrogen (secondary N) is 2. The lowest BCUT2D eigenvalue weighted by molar-refractivity contribution is -0.121. The molecule has 4 aromatic rings. The third-order valence-corrected chi connectivity index (χ3v) is 6.40. The first-order valence-corrected chi connectivity index (χ1v) is 11.8. The largest absolute Gasteiger partial charge is 0.352 e. The van der Waals surface area contributed by atoms with Crippen LogP contribution in [0.3, 0.4) is 0 Å². The summed E-state index contributed by atoms with van der Waals surface area (Å²) in [6.07, 6.45) is 0.902. The van der Waals surface area contributed by atoms with Crippen molar-refractivity contribution < 1.29 is 9.18 Å². The molecule has 0 saturated heterocycles. The Hall–Kier alpha value is -3.42. The number of nitrogens with zero attached hydrogens (tertiary/aromatic N) is 1. The number of benzene rings is 3. The van der Waals surface area contributed by atoms with Crippen LogP contribution in [0.4, 0.5) is 4.39 Å². The van der Waals surface area contributed by atoms with E-state index in [2.05, 4.69) is 10.3 Å². The molecule has 2 N–H and O–H groups in total. The second kappa shape index (κ2) is 10.9. The molecular weight excluding hydrogens is 492 g/mol.